The van der Waals surface area contributed by atoms with E-state index in [0.717, 1.165) is 35.0 Å². The highest BCUT2D eigenvalue weighted by molar-refractivity contribution is 9.10. The predicted molar refractivity (Wildman–Crippen MR) is 79.3 cm³/mol. The van der Waals surface area contributed by atoms with Gasteiger partial charge in [0.25, 0.3) is 0 Å². The van der Waals surface area contributed by atoms with Gasteiger partial charge in [0, 0.05) is 16.5 Å². The summed E-state index contributed by atoms with van der Waals surface area (Å²) in [6.07, 6.45) is 6.32. The van der Waals surface area contributed by atoms with E-state index in [-0.39, 0.29) is 11.7 Å². The van der Waals surface area contributed by atoms with Gasteiger partial charge in [0.15, 0.2) is 0 Å². The van der Waals surface area contributed by atoms with Gasteiger partial charge in [0.05, 0.1) is 6.10 Å². The first-order valence-electron chi connectivity index (χ1n) is 7.31. The van der Waals surface area contributed by atoms with Crippen LogP contribution in [0.1, 0.15) is 57.1 Å². The molecule has 1 saturated carbocycles. The van der Waals surface area contributed by atoms with Crippen LogP contribution in [-0.2, 0) is 0 Å². The Kier molecular flexibility index (Phi) is 3.61. The number of hydrogen-bond acceptors (Lipinski definition) is 2. The van der Waals surface area contributed by atoms with Crippen molar-refractivity contribution < 1.29 is 9.84 Å². The molecule has 19 heavy (non-hydrogen) atoms. The Morgan fingerprint density at radius 2 is 2.26 bits per heavy atom. The van der Waals surface area contributed by atoms with Crippen LogP contribution in [0.25, 0.3) is 0 Å². The second-order valence-corrected chi connectivity index (χ2v) is 6.84. The summed E-state index contributed by atoms with van der Waals surface area (Å²) in [6.45, 7) is 2.24. The molecule has 104 valence electrons. The second kappa shape index (κ2) is 5.10. The summed E-state index contributed by atoms with van der Waals surface area (Å²) < 4.78 is 7.44. The van der Waals surface area contributed by atoms with Gasteiger partial charge in [-0.25, -0.2) is 0 Å². The standard InChI is InChI=1S/C16H21BrO2/c1-2-11-5-3-4-8-16(11)10-14(18)13-7-6-12(17)9-15(13)19-16/h6-7,9,11,14,18H,2-5,8,10H2,1H3/t11?,14-,16?/m0/s1. The molecule has 0 radical (unpaired) electrons. The van der Waals surface area contributed by atoms with Gasteiger partial charge in [-0.15, -0.1) is 0 Å². The number of hydrogen-bond donors (Lipinski definition) is 1. The Labute approximate surface area is 123 Å². The molecule has 1 aromatic rings. The third-order valence-corrected chi connectivity index (χ3v) is 5.32. The number of benzene rings is 1. The van der Waals surface area contributed by atoms with Crippen LogP contribution in [0.5, 0.6) is 5.75 Å². The maximum Gasteiger partial charge on any atom is 0.127 e. The fourth-order valence-corrected chi connectivity index (χ4v) is 4.17. The Balaban J connectivity index is 1.98. The Morgan fingerprint density at radius 1 is 1.42 bits per heavy atom. The molecular formula is C16H21BrO2. The van der Waals surface area contributed by atoms with Crippen LogP contribution in [0, 0.1) is 5.92 Å². The van der Waals surface area contributed by atoms with E-state index in [1.807, 2.05) is 18.2 Å². The van der Waals surface area contributed by atoms with Crippen LogP contribution < -0.4 is 4.74 Å². The predicted octanol–water partition coefficient (Wildman–Crippen LogP) is 4.60. The van der Waals surface area contributed by atoms with Crippen molar-refractivity contribution in [3.63, 3.8) is 0 Å². The molecule has 0 aromatic heterocycles. The Bertz CT molecular complexity index is 474. The first kappa shape index (κ1) is 13.4. The summed E-state index contributed by atoms with van der Waals surface area (Å²) in [7, 11) is 0. The van der Waals surface area contributed by atoms with E-state index in [1.54, 1.807) is 0 Å². The third kappa shape index (κ3) is 2.31. The number of aliphatic hydroxyl groups excluding tert-OH is 1. The van der Waals surface area contributed by atoms with Gasteiger partial charge in [0.1, 0.15) is 11.4 Å². The molecule has 0 bridgehead atoms. The van der Waals surface area contributed by atoms with Crippen molar-refractivity contribution in [2.24, 2.45) is 5.92 Å². The molecular weight excluding hydrogens is 304 g/mol. The average Bonchev–Trinajstić information content (AvgIpc) is 2.38. The van der Waals surface area contributed by atoms with E-state index >= 15 is 0 Å². The molecule has 1 spiro atoms. The fourth-order valence-electron chi connectivity index (χ4n) is 3.83. The van der Waals surface area contributed by atoms with Crippen molar-refractivity contribution in [3.8, 4) is 5.75 Å². The van der Waals surface area contributed by atoms with Crippen LogP contribution in [0.2, 0.25) is 0 Å². The molecule has 2 unspecified atom stereocenters. The first-order chi connectivity index (χ1) is 9.14. The van der Waals surface area contributed by atoms with Crippen LogP contribution in [0.15, 0.2) is 22.7 Å². The lowest BCUT2D eigenvalue weighted by Gasteiger charge is -2.48. The van der Waals surface area contributed by atoms with E-state index in [4.69, 9.17) is 4.74 Å². The number of ether oxygens (including phenoxy) is 1. The normalized spacial score (nSPS) is 33.8. The quantitative estimate of drug-likeness (QED) is 0.817. The van der Waals surface area contributed by atoms with Crippen molar-refractivity contribution in [3.05, 3.63) is 28.2 Å². The molecule has 3 rings (SSSR count). The lowest BCUT2D eigenvalue weighted by molar-refractivity contribution is -0.0782. The van der Waals surface area contributed by atoms with Gasteiger partial charge < -0.3 is 9.84 Å². The fraction of sp³-hybridized carbons (Fsp3) is 0.625. The number of halogens is 1. The Hall–Kier alpha value is -0.540. The zero-order valence-corrected chi connectivity index (χ0v) is 12.9. The molecule has 0 amide bonds. The largest absolute Gasteiger partial charge is 0.486 e. The lowest BCUT2D eigenvalue weighted by atomic mass is 9.69. The molecule has 1 N–H and O–H groups in total. The highest BCUT2D eigenvalue weighted by Crippen LogP contribution is 2.49. The van der Waals surface area contributed by atoms with Crippen molar-refractivity contribution in [1.29, 1.82) is 0 Å². The summed E-state index contributed by atoms with van der Waals surface area (Å²) in [5.74, 6) is 1.44. The topological polar surface area (TPSA) is 29.5 Å². The van der Waals surface area contributed by atoms with Crippen LogP contribution in [-0.4, -0.2) is 10.7 Å². The second-order valence-electron chi connectivity index (χ2n) is 5.92. The summed E-state index contributed by atoms with van der Waals surface area (Å²) in [6, 6.07) is 5.95. The van der Waals surface area contributed by atoms with Crippen molar-refractivity contribution in [1.82, 2.24) is 0 Å². The zero-order valence-electron chi connectivity index (χ0n) is 11.4. The van der Waals surface area contributed by atoms with E-state index in [0.29, 0.717) is 5.92 Å². The molecule has 2 aliphatic rings. The summed E-state index contributed by atoms with van der Waals surface area (Å²) >= 11 is 3.49. The van der Waals surface area contributed by atoms with Crippen molar-refractivity contribution in [2.75, 3.05) is 0 Å². The van der Waals surface area contributed by atoms with E-state index in [1.165, 1.54) is 19.3 Å². The van der Waals surface area contributed by atoms with E-state index < -0.39 is 0 Å². The Morgan fingerprint density at radius 3 is 3.05 bits per heavy atom. The molecule has 3 atom stereocenters. The minimum absolute atomic E-state index is 0.139. The summed E-state index contributed by atoms with van der Waals surface area (Å²) in [5, 5.41) is 10.5. The monoisotopic (exact) mass is 324 g/mol. The average molecular weight is 325 g/mol. The zero-order chi connectivity index (χ0) is 13.5. The summed E-state index contributed by atoms with van der Waals surface area (Å²) in [5.41, 5.74) is 0.800. The van der Waals surface area contributed by atoms with Crippen LogP contribution in [0.4, 0.5) is 0 Å². The third-order valence-electron chi connectivity index (χ3n) is 4.83. The smallest absolute Gasteiger partial charge is 0.127 e. The first-order valence-corrected chi connectivity index (χ1v) is 8.10. The number of fused-ring (bicyclic) bond motifs is 1. The lowest BCUT2D eigenvalue weighted by Crippen LogP contribution is -2.49. The highest BCUT2D eigenvalue weighted by Gasteiger charge is 2.46. The van der Waals surface area contributed by atoms with E-state index in [9.17, 15) is 5.11 Å². The molecule has 2 nitrogen and oxygen atoms in total. The molecule has 1 aliphatic carbocycles. The SMILES string of the molecule is CCC1CCCCC12C[C@H](O)c1ccc(Br)cc1O2. The highest BCUT2D eigenvalue weighted by atomic mass is 79.9. The molecule has 0 saturated heterocycles. The van der Waals surface area contributed by atoms with Crippen LogP contribution >= 0.6 is 15.9 Å². The summed E-state index contributed by atoms with van der Waals surface area (Å²) in [4.78, 5) is 0. The van der Waals surface area contributed by atoms with Crippen LogP contribution in [0.3, 0.4) is 0 Å². The molecule has 3 heteroatoms. The van der Waals surface area contributed by atoms with Gasteiger partial charge in [-0.05, 0) is 43.7 Å². The molecule has 1 fully saturated rings. The molecule has 1 aromatic carbocycles. The molecule has 1 aliphatic heterocycles. The number of aliphatic hydroxyl groups is 1. The van der Waals surface area contributed by atoms with Gasteiger partial charge >= 0.3 is 0 Å². The number of rotatable bonds is 1. The maximum absolute atomic E-state index is 10.5. The van der Waals surface area contributed by atoms with E-state index in [2.05, 4.69) is 22.9 Å². The van der Waals surface area contributed by atoms with Gasteiger partial charge in [-0.2, -0.15) is 0 Å². The van der Waals surface area contributed by atoms with Gasteiger partial charge in [0.2, 0.25) is 0 Å². The van der Waals surface area contributed by atoms with Gasteiger partial charge in [-0.3, -0.25) is 0 Å². The molecule has 1 heterocycles. The minimum atomic E-state index is -0.385. The minimum Gasteiger partial charge on any atom is -0.486 e. The maximum atomic E-state index is 10.5. The van der Waals surface area contributed by atoms with Crippen molar-refractivity contribution in [2.45, 2.75) is 57.2 Å². The van der Waals surface area contributed by atoms with Crippen molar-refractivity contribution >= 4 is 15.9 Å². The van der Waals surface area contributed by atoms with Gasteiger partial charge in [-0.1, -0.05) is 35.3 Å².